The number of halogens is 1. The summed E-state index contributed by atoms with van der Waals surface area (Å²) in [6.07, 6.45) is -0.481. The van der Waals surface area contributed by atoms with Crippen LogP contribution >= 0.6 is 0 Å². The van der Waals surface area contributed by atoms with Crippen molar-refractivity contribution in [3.8, 4) is 11.3 Å². The number of furan rings is 1. The number of nitro groups is 1. The van der Waals surface area contributed by atoms with Gasteiger partial charge >= 0.3 is 0 Å². The van der Waals surface area contributed by atoms with Gasteiger partial charge in [0.25, 0.3) is 5.69 Å². The smallest absolute Gasteiger partial charge is 0.269 e. The molecule has 8 heteroatoms. The number of aliphatic hydroxyl groups is 1. The van der Waals surface area contributed by atoms with Gasteiger partial charge in [0.15, 0.2) is 0 Å². The molecule has 0 fully saturated rings. The molecule has 1 aromatic heterocycles. The quantitative estimate of drug-likeness (QED) is 0.274. The molecular formula is C21H23ClN3O4-. The van der Waals surface area contributed by atoms with Crippen LogP contribution in [-0.2, 0) is 6.54 Å². The molecule has 0 amide bonds. The molecule has 0 spiro atoms. The first-order valence-corrected chi connectivity index (χ1v) is 9.09. The number of benzene rings is 2. The summed E-state index contributed by atoms with van der Waals surface area (Å²) in [6.45, 7) is 3.75. The zero-order valence-electron chi connectivity index (χ0n) is 16.0. The molecule has 0 aliphatic rings. The zero-order chi connectivity index (χ0) is 19.9. The lowest BCUT2D eigenvalue weighted by atomic mass is 10.1. The lowest BCUT2D eigenvalue weighted by Gasteiger charge is -2.07. The Morgan fingerprint density at radius 1 is 1.03 bits per heavy atom. The Labute approximate surface area is 175 Å². The highest BCUT2D eigenvalue weighted by Crippen LogP contribution is 2.24. The van der Waals surface area contributed by atoms with E-state index >= 15 is 0 Å². The first kappa shape index (κ1) is 22.4. The van der Waals surface area contributed by atoms with Gasteiger partial charge in [-0.1, -0.05) is 24.3 Å². The van der Waals surface area contributed by atoms with Crippen LogP contribution in [0.15, 0.2) is 65.1 Å². The van der Waals surface area contributed by atoms with Crippen molar-refractivity contribution >= 4 is 11.4 Å². The van der Waals surface area contributed by atoms with Crippen molar-refractivity contribution in [1.29, 1.82) is 0 Å². The summed E-state index contributed by atoms with van der Waals surface area (Å²) < 4.78 is 5.86. The second kappa shape index (κ2) is 10.6. The fourth-order valence-electron chi connectivity index (χ4n) is 2.76. The molecule has 0 aliphatic heterocycles. The van der Waals surface area contributed by atoms with Gasteiger partial charge in [-0.15, -0.1) is 0 Å². The molecule has 0 bridgehead atoms. The van der Waals surface area contributed by atoms with Gasteiger partial charge in [-0.2, -0.15) is 0 Å². The lowest BCUT2D eigenvalue weighted by molar-refractivity contribution is -0.384. The zero-order valence-corrected chi connectivity index (χ0v) is 16.7. The third kappa shape index (κ3) is 6.32. The maximum Gasteiger partial charge on any atom is 0.269 e. The Morgan fingerprint density at radius 2 is 1.72 bits per heavy atom. The number of non-ortho nitro benzene ring substituents is 1. The first-order chi connectivity index (χ1) is 13.5. The van der Waals surface area contributed by atoms with Crippen LogP contribution in [0, 0.1) is 10.1 Å². The highest BCUT2D eigenvalue weighted by Gasteiger charge is 2.07. The van der Waals surface area contributed by atoms with E-state index in [-0.39, 0.29) is 18.1 Å². The van der Waals surface area contributed by atoms with Crippen molar-refractivity contribution in [3.63, 3.8) is 0 Å². The largest absolute Gasteiger partial charge is 1.00 e. The number of nitro benzene ring substituents is 1. The molecule has 0 radical (unpaired) electrons. The normalized spacial score (nSPS) is 11.5. The number of anilines is 1. The second-order valence-electron chi connectivity index (χ2n) is 6.47. The molecule has 1 heterocycles. The number of hydrogen-bond donors (Lipinski definition) is 3. The van der Waals surface area contributed by atoms with Crippen LogP contribution in [0.25, 0.3) is 11.3 Å². The fourth-order valence-corrected chi connectivity index (χ4v) is 2.76. The van der Waals surface area contributed by atoms with Crippen LogP contribution in [0.4, 0.5) is 11.4 Å². The van der Waals surface area contributed by atoms with Crippen LogP contribution in [-0.4, -0.2) is 23.1 Å². The number of hydrogen-bond acceptors (Lipinski definition) is 6. The van der Waals surface area contributed by atoms with Gasteiger partial charge in [-0.05, 0) is 36.8 Å². The average Bonchev–Trinajstić information content (AvgIpc) is 3.17. The third-order valence-corrected chi connectivity index (χ3v) is 4.35. The van der Waals surface area contributed by atoms with Crippen LogP contribution in [0.5, 0.6) is 0 Å². The minimum Gasteiger partial charge on any atom is -1.00 e. The Hall–Kier alpha value is -2.87. The summed E-state index contributed by atoms with van der Waals surface area (Å²) in [5.41, 5.74) is 2.76. The van der Waals surface area contributed by atoms with Crippen molar-refractivity contribution in [3.05, 3.63) is 82.1 Å². The van der Waals surface area contributed by atoms with Gasteiger partial charge in [0, 0.05) is 36.5 Å². The molecule has 0 saturated carbocycles. The van der Waals surface area contributed by atoms with Crippen molar-refractivity contribution in [2.24, 2.45) is 0 Å². The van der Waals surface area contributed by atoms with E-state index in [9.17, 15) is 15.2 Å². The minimum absolute atomic E-state index is 0. The maximum absolute atomic E-state index is 10.6. The van der Waals surface area contributed by atoms with Crippen molar-refractivity contribution in [1.82, 2.24) is 5.32 Å². The Kier molecular flexibility index (Phi) is 8.21. The summed E-state index contributed by atoms with van der Waals surface area (Å²) in [5.74, 6) is 1.63. The molecule has 1 atom stereocenters. The third-order valence-electron chi connectivity index (χ3n) is 4.35. The second-order valence-corrected chi connectivity index (χ2v) is 6.47. The highest BCUT2D eigenvalue weighted by atomic mass is 35.5. The van der Waals surface area contributed by atoms with E-state index in [1.165, 1.54) is 12.1 Å². The number of aliphatic hydroxyl groups excluding tert-OH is 1. The standard InChI is InChI=1S/C21H23N3O4.ClH/c1-15(25)16-2-4-17(5-3-16)21-11-10-20(28-21)14-22-12-13-23-18-6-8-19(9-7-18)24(26)27;/h2-11,15,22-23,25H,12-14H2,1H3;1H/p-1. The van der Waals surface area contributed by atoms with Crippen molar-refractivity contribution in [2.45, 2.75) is 19.6 Å². The lowest BCUT2D eigenvalue weighted by Crippen LogP contribution is -3.00. The minimum atomic E-state index is -0.481. The van der Waals surface area contributed by atoms with Crippen molar-refractivity contribution in [2.75, 3.05) is 18.4 Å². The van der Waals surface area contributed by atoms with E-state index in [4.69, 9.17) is 4.42 Å². The fraction of sp³-hybridized carbons (Fsp3) is 0.238. The maximum atomic E-state index is 10.6. The van der Waals surface area contributed by atoms with Crippen molar-refractivity contribution < 1.29 is 26.9 Å². The van der Waals surface area contributed by atoms with Gasteiger partial charge < -0.3 is 32.6 Å². The molecule has 3 N–H and O–H groups in total. The van der Waals surface area contributed by atoms with E-state index in [2.05, 4.69) is 10.6 Å². The van der Waals surface area contributed by atoms with Gasteiger partial charge in [0.05, 0.1) is 17.6 Å². The summed E-state index contributed by atoms with van der Waals surface area (Å²) in [5, 5.41) is 26.7. The van der Waals surface area contributed by atoms with E-state index in [0.717, 1.165) is 34.9 Å². The van der Waals surface area contributed by atoms with E-state index < -0.39 is 11.0 Å². The van der Waals surface area contributed by atoms with Gasteiger partial charge in [-0.3, -0.25) is 10.1 Å². The molecule has 1 unspecified atom stereocenters. The summed E-state index contributed by atoms with van der Waals surface area (Å²) >= 11 is 0. The van der Waals surface area contributed by atoms with Gasteiger partial charge in [-0.25, -0.2) is 0 Å². The summed E-state index contributed by atoms with van der Waals surface area (Å²) in [6, 6.07) is 17.9. The van der Waals surface area contributed by atoms with E-state index in [1.807, 2.05) is 36.4 Å². The molecular weight excluding hydrogens is 394 g/mol. The molecule has 0 saturated heterocycles. The number of rotatable bonds is 9. The van der Waals surface area contributed by atoms with E-state index in [0.29, 0.717) is 13.1 Å². The number of nitrogens with one attached hydrogen (secondary N) is 2. The van der Waals surface area contributed by atoms with Crippen LogP contribution in [0.3, 0.4) is 0 Å². The summed E-state index contributed by atoms with van der Waals surface area (Å²) in [4.78, 5) is 10.2. The highest BCUT2D eigenvalue weighted by molar-refractivity contribution is 5.58. The molecule has 3 rings (SSSR count). The Morgan fingerprint density at radius 3 is 2.34 bits per heavy atom. The van der Waals surface area contributed by atoms with Gasteiger partial charge in [0.2, 0.25) is 0 Å². The Balaban J connectivity index is 0.00000300. The van der Waals surface area contributed by atoms with Crippen LogP contribution < -0.4 is 23.0 Å². The number of nitrogens with zero attached hydrogens (tertiary/aromatic N) is 1. The molecule has 7 nitrogen and oxygen atoms in total. The molecule has 2 aromatic carbocycles. The van der Waals surface area contributed by atoms with Gasteiger partial charge in [0.1, 0.15) is 11.5 Å². The molecule has 154 valence electrons. The SMILES string of the molecule is CC(O)c1ccc(-c2ccc(CNCCNc3ccc([N+](=O)[O-])cc3)o2)cc1.[Cl-]. The average molecular weight is 417 g/mol. The monoisotopic (exact) mass is 416 g/mol. The molecule has 0 aliphatic carbocycles. The molecule has 3 aromatic rings. The first-order valence-electron chi connectivity index (χ1n) is 9.09. The summed E-state index contributed by atoms with van der Waals surface area (Å²) in [7, 11) is 0. The van der Waals surface area contributed by atoms with Crippen LogP contribution in [0.2, 0.25) is 0 Å². The van der Waals surface area contributed by atoms with Crippen LogP contribution in [0.1, 0.15) is 24.4 Å². The predicted molar refractivity (Wildman–Crippen MR) is 108 cm³/mol. The Bertz CT molecular complexity index is 908. The predicted octanol–water partition coefficient (Wildman–Crippen LogP) is 1.11. The molecule has 29 heavy (non-hydrogen) atoms. The van der Waals surface area contributed by atoms with E-state index in [1.54, 1.807) is 19.1 Å². The topological polar surface area (TPSA) is 101 Å².